The van der Waals surface area contributed by atoms with Crippen LogP contribution in [0.15, 0.2) is 12.2 Å². The van der Waals surface area contributed by atoms with Crippen molar-refractivity contribution in [1.82, 2.24) is 0 Å². The molecule has 0 heterocycles. The third-order valence-corrected chi connectivity index (χ3v) is 0.942. The van der Waals surface area contributed by atoms with Crippen molar-refractivity contribution in [2.75, 3.05) is 6.61 Å². The van der Waals surface area contributed by atoms with Crippen molar-refractivity contribution in [3.63, 3.8) is 0 Å². The van der Waals surface area contributed by atoms with Crippen LogP contribution in [0.4, 0.5) is 0 Å². The summed E-state index contributed by atoms with van der Waals surface area (Å²) in [4.78, 5) is 21.0. The van der Waals surface area contributed by atoms with Gasteiger partial charge in [-0.15, -0.1) is 0 Å². The molecule has 62 valence electrons. The molecule has 3 nitrogen and oxygen atoms in total. The molecular weight excluding hydrogens is 144 g/mol. The third kappa shape index (κ3) is 6.77. The molecule has 0 spiro atoms. The summed E-state index contributed by atoms with van der Waals surface area (Å²) < 4.78 is 4.62. The molecule has 0 fully saturated rings. The zero-order chi connectivity index (χ0) is 8.69. The number of allylic oxidation sites excluding steroid dienone is 1. The fraction of sp³-hybridized carbons (Fsp3) is 0.500. The number of hydrogen-bond acceptors (Lipinski definition) is 3. The Kier molecular flexibility index (Phi) is 5.07. The van der Waals surface area contributed by atoms with E-state index < -0.39 is 0 Å². The lowest BCUT2D eigenvalue weighted by Gasteiger charge is -1.95. The van der Waals surface area contributed by atoms with Crippen LogP contribution < -0.4 is 0 Å². The molecule has 11 heavy (non-hydrogen) atoms. The highest BCUT2D eigenvalue weighted by Gasteiger charge is 1.95. The maximum absolute atomic E-state index is 10.6. The minimum atomic E-state index is -0.301. The van der Waals surface area contributed by atoms with Crippen molar-refractivity contribution >= 4 is 11.8 Å². The molecule has 0 aliphatic carbocycles. The van der Waals surface area contributed by atoms with E-state index in [1.807, 2.05) is 0 Å². The first kappa shape index (κ1) is 9.88. The second kappa shape index (κ2) is 5.65. The van der Waals surface area contributed by atoms with Crippen LogP contribution in [0.3, 0.4) is 0 Å². The van der Waals surface area contributed by atoms with E-state index in [0.717, 1.165) is 0 Å². The number of carbonyl (C=O) groups excluding carboxylic acids is 2. The van der Waals surface area contributed by atoms with Gasteiger partial charge in [0, 0.05) is 0 Å². The molecule has 3 heteroatoms. The monoisotopic (exact) mass is 156 g/mol. The number of ether oxygens (including phenoxy) is 1. The molecule has 0 unspecified atom stereocenters. The lowest BCUT2D eigenvalue weighted by atomic mass is 10.3. The highest BCUT2D eigenvalue weighted by molar-refractivity contribution is 5.87. The average molecular weight is 156 g/mol. The topological polar surface area (TPSA) is 43.4 Å². The smallest absolute Gasteiger partial charge is 0.309 e. The van der Waals surface area contributed by atoms with Crippen LogP contribution in [0.1, 0.15) is 20.3 Å². The Morgan fingerprint density at radius 2 is 2.09 bits per heavy atom. The van der Waals surface area contributed by atoms with Crippen LogP contribution in [-0.4, -0.2) is 18.4 Å². The van der Waals surface area contributed by atoms with Gasteiger partial charge in [0.25, 0.3) is 0 Å². The Balaban J connectivity index is 3.53. The number of hydrogen-bond donors (Lipinski definition) is 0. The number of carbonyl (C=O) groups is 2. The number of ketones is 1. The van der Waals surface area contributed by atoms with Crippen molar-refractivity contribution in [1.29, 1.82) is 0 Å². The molecule has 0 atom stereocenters. The normalized spacial score (nSPS) is 10.0. The van der Waals surface area contributed by atoms with E-state index in [4.69, 9.17) is 0 Å². The minimum Gasteiger partial charge on any atom is -0.466 e. The van der Waals surface area contributed by atoms with E-state index in [1.165, 1.54) is 19.1 Å². The van der Waals surface area contributed by atoms with E-state index in [9.17, 15) is 9.59 Å². The number of esters is 1. The van der Waals surface area contributed by atoms with Crippen LogP contribution >= 0.6 is 0 Å². The van der Waals surface area contributed by atoms with Crippen LogP contribution in [0.2, 0.25) is 0 Å². The van der Waals surface area contributed by atoms with Crippen molar-refractivity contribution in [2.24, 2.45) is 0 Å². The molecule has 0 saturated heterocycles. The lowest BCUT2D eigenvalue weighted by Crippen LogP contribution is -2.01. The summed E-state index contributed by atoms with van der Waals surface area (Å²) in [6, 6.07) is 0. The molecule has 0 N–H and O–H groups in total. The van der Waals surface area contributed by atoms with Gasteiger partial charge in [0.05, 0.1) is 13.0 Å². The van der Waals surface area contributed by atoms with Gasteiger partial charge in [-0.1, -0.05) is 6.08 Å². The molecule has 0 amide bonds. The van der Waals surface area contributed by atoms with Gasteiger partial charge in [0.2, 0.25) is 0 Å². The van der Waals surface area contributed by atoms with Gasteiger partial charge in [-0.25, -0.2) is 0 Å². The fourth-order valence-electron chi connectivity index (χ4n) is 0.541. The Morgan fingerprint density at radius 3 is 2.55 bits per heavy atom. The van der Waals surface area contributed by atoms with Gasteiger partial charge in [-0.2, -0.15) is 0 Å². The highest BCUT2D eigenvalue weighted by atomic mass is 16.5. The molecule has 0 aromatic heterocycles. The van der Waals surface area contributed by atoms with E-state index in [1.54, 1.807) is 6.92 Å². The SMILES string of the molecule is CCOC(=O)C/C=C/C(C)=O. The maximum atomic E-state index is 10.6. The predicted octanol–water partition coefficient (Wildman–Crippen LogP) is 1.08. The Labute approximate surface area is 66.0 Å². The second-order valence-corrected chi connectivity index (χ2v) is 2.02. The van der Waals surface area contributed by atoms with Gasteiger partial charge < -0.3 is 4.74 Å². The average Bonchev–Trinajstić information content (AvgIpc) is 1.87. The summed E-state index contributed by atoms with van der Waals surface area (Å²) >= 11 is 0. The van der Waals surface area contributed by atoms with E-state index in [-0.39, 0.29) is 18.2 Å². The molecule has 0 radical (unpaired) electrons. The summed E-state index contributed by atoms with van der Waals surface area (Å²) in [5.74, 6) is -0.362. The zero-order valence-corrected chi connectivity index (χ0v) is 6.79. The van der Waals surface area contributed by atoms with E-state index >= 15 is 0 Å². The quantitative estimate of drug-likeness (QED) is 0.452. The van der Waals surface area contributed by atoms with Gasteiger partial charge in [0.1, 0.15) is 0 Å². The largest absolute Gasteiger partial charge is 0.466 e. The second-order valence-electron chi connectivity index (χ2n) is 2.02. The first-order valence-corrected chi connectivity index (χ1v) is 3.49. The van der Waals surface area contributed by atoms with Crippen molar-refractivity contribution < 1.29 is 14.3 Å². The summed E-state index contributed by atoms with van der Waals surface area (Å²) in [6.07, 6.45) is 3.03. The fourth-order valence-corrected chi connectivity index (χ4v) is 0.541. The summed E-state index contributed by atoms with van der Waals surface area (Å²) in [7, 11) is 0. The maximum Gasteiger partial charge on any atom is 0.309 e. The first-order chi connectivity index (χ1) is 5.16. The Hall–Kier alpha value is -1.12. The molecular formula is C8H12O3. The van der Waals surface area contributed by atoms with Gasteiger partial charge in [-0.3, -0.25) is 9.59 Å². The molecule has 0 aliphatic rings. The molecule has 0 aromatic rings. The molecule has 0 aromatic carbocycles. The lowest BCUT2D eigenvalue weighted by molar-refractivity contribution is -0.142. The zero-order valence-electron chi connectivity index (χ0n) is 6.79. The molecule has 0 rings (SSSR count). The standard InChI is InChI=1S/C8H12O3/c1-3-11-8(10)6-4-5-7(2)9/h4-5H,3,6H2,1-2H3/b5-4+. The van der Waals surface area contributed by atoms with Crippen molar-refractivity contribution in [3.05, 3.63) is 12.2 Å². The predicted molar refractivity (Wildman–Crippen MR) is 41.1 cm³/mol. The Bertz CT molecular complexity index is 170. The summed E-state index contributed by atoms with van der Waals surface area (Å²) in [5.41, 5.74) is 0. The minimum absolute atomic E-state index is 0.0608. The van der Waals surface area contributed by atoms with Crippen LogP contribution in [0, 0.1) is 0 Å². The van der Waals surface area contributed by atoms with Crippen molar-refractivity contribution in [2.45, 2.75) is 20.3 Å². The van der Waals surface area contributed by atoms with Crippen LogP contribution in [-0.2, 0) is 14.3 Å². The molecule has 0 aliphatic heterocycles. The van der Waals surface area contributed by atoms with Crippen LogP contribution in [0.5, 0.6) is 0 Å². The first-order valence-electron chi connectivity index (χ1n) is 3.49. The number of rotatable bonds is 4. The van der Waals surface area contributed by atoms with E-state index in [2.05, 4.69) is 4.74 Å². The van der Waals surface area contributed by atoms with Gasteiger partial charge in [0.15, 0.2) is 5.78 Å². The molecule has 0 saturated carbocycles. The van der Waals surface area contributed by atoms with Gasteiger partial charge in [-0.05, 0) is 19.9 Å². The van der Waals surface area contributed by atoms with Crippen molar-refractivity contribution in [3.8, 4) is 0 Å². The van der Waals surface area contributed by atoms with Gasteiger partial charge >= 0.3 is 5.97 Å². The summed E-state index contributed by atoms with van der Waals surface area (Å²) in [6.45, 7) is 3.56. The van der Waals surface area contributed by atoms with Crippen LogP contribution in [0.25, 0.3) is 0 Å². The highest BCUT2D eigenvalue weighted by Crippen LogP contribution is 1.88. The Morgan fingerprint density at radius 1 is 1.45 bits per heavy atom. The third-order valence-electron chi connectivity index (χ3n) is 0.942. The summed E-state index contributed by atoms with van der Waals surface area (Å²) in [5, 5.41) is 0. The molecule has 0 bridgehead atoms. The van der Waals surface area contributed by atoms with E-state index in [0.29, 0.717) is 6.61 Å².